The Balaban J connectivity index is 1.54. The minimum absolute atomic E-state index is 0.324. The first-order valence-electron chi connectivity index (χ1n) is 8.46. The van der Waals surface area contributed by atoms with Gasteiger partial charge < -0.3 is 14.2 Å². The summed E-state index contributed by atoms with van der Waals surface area (Å²) in [4.78, 5) is 16.4. The van der Waals surface area contributed by atoms with Crippen molar-refractivity contribution < 1.29 is 19.0 Å². The average molecular weight is 327 g/mol. The van der Waals surface area contributed by atoms with Crippen LogP contribution in [0, 0.1) is 0 Å². The van der Waals surface area contributed by atoms with Gasteiger partial charge in [-0.15, -0.1) is 0 Å². The lowest BCUT2D eigenvalue weighted by molar-refractivity contribution is -0.178. The number of benzene rings is 1. The molecule has 4 rings (SSSR count). The topological polar surface area (TPSA) is 57.7 Å². The molecule has 0 N–H and O–H groups in total. The Morgan fingerprint density at radius 3 is 2.62 bits per heavy atom. The van der Waals surface area contributed by atoms with Crippen LogP contribution in [-0.4, -0.2) is 37.1 Å². The van der Waals surface area contributed by atoms with Gasteiger partial charge in [-0.1, -0.05) is 6.07 Å². The van der Waals surface area contributed by atoms with Crippen molar-refractivity contribution in [1.82, 2.24) is 4.98 Å². The van der Waals surface area contributed by atoms with Gasteiger partial charge in [-0.05, 0) is 37.1 Å². The molecule has 0 amide bonds. The summed E-state index contributed by atoms with van der Waals surface area (Å²) in [5, 5.41) is 0.955. The fraction of sp³-hybridized carbons (Fsp3) is 0.474. The number of ether oxygens (including phenoxy) is 3. The minimum Gasteiger partial charge on any atom is -0.465 e. The normalized spacial score (nSPS) is 20.5. The second-order valence-corrected chi connectivity index (χ2v) is 6.52. The Labute approximate surface area is 140 Å². The summed E-state index contributed by atoms with van der Waals surface area (Å²) in [5.74, 6) is -0.216. The molecule has 0 radical (unpaired) electrons. The molecule has 0 atom stereocenters. The van der Waals surface area contributed by atoms with Gasteiger partial charge in [0.15, 0.2) is 5.79 Å². The maximum atomic E-state index is 11.6. The molecule has 1 spiro atoms. The highest BCUT2D eigenvalue weighted by molar-refractivity contribution is 5.94. The van der Waals surface area contributed by atoms with Gasteiger partial charge in [0.1, 0.15) is 0 Å². The van der Waals surface area contributed by atoms with Gasteiger partial charge in [0.25, 0.3) is 0 Å². The molecular formula is C19H21NO4. The third-order valence-electron chi connectivity index (χ3n) is 5.11. The summed E-state index contributed by atoms with van der Waals surface area (Å²) >= 11 is 0. The second kappa shape index (κ2) is 6.15. The molecule has 126 valence electrons. The maximum Gasteiger partial charge on any atom is 0.337 e. The molecule has 1 aliphatic heterocycles. The Morgan fingerprint density at radius 2 is 1.92 bits per heavy atom. The van der Waals surface area contributed by atoms with Crippen LogP contribution in [0.2, 0.25) is 0 Å². The number of carbonyl (C=O) groups excluding carboxylic acids is 1. The van der Waals surface area contributed by atoms with Crippen molar-refractivity contribution in [2.45, 2.75) is 37.4 Å². The largest absolute Gasteiger partial charge is 0.465 e. The first kappa shape index (κ1) is 15.5. The lowest BCUT2D eigenvalue weighted by atomic mass is 9.83. The molecule has 0 bridgehead atoms. The number of pyridine rings is 1. The van der Waals surface area contributed by atoms with Crippen LogP contribution in [0.1, 0.15) is 47.7 Å². The van der Waals surface area contributed by atoms with E-state index in [1.54, 1.807) is 6.07 Å². The van der Waals surface area contributed by atoms with E-state index in [9.17, 15) is 4.79 Å². The first-order chi connectivity index (χ1) is 11.7. The summed E-state index contributed by atoms with van der Waals surface area (Å²) in [6.07, 6.45) is 3.91. The van der Waals surface area contributed by atoms with E-state index in [-0.39, 0.29) is 11.8 Å². The molecular weight excluding hydrogens is 306 g/mol. The van der Waals surface area contributed by atoms with Crippen LogP contribution in [0.15, 0.2) is 30.3 Å². The third-order valence-corrected chi connectivity index (χ3v) is 5.11. The Hall–Kier alpha value is -1.98. The molecule has 0 unspecified atom stereocenters. The molecule has 5 nitrogen and oxygen atoms in total. The van der Waals surface area contributed by atoms with E-state index in [1.807, 2.05) is 18.2 Å². The van der Waals surface area contributed by atoms with Gasteiger partial charge in [0.05, 0.1) is 31.4 Å². The molecule has 1 aliphatic carbocycles. The molecule has 2 aromatic rings. The zero-order valence-electron chi connectivity index (χ0n) is 13.8. The van der Waals surface area contributed by atoms with Gasteiger partial charge in [-0.25, -0.2) is 4.79 Å². The lowest BCUT2D eigenvalue weighted by Gasteiger charge is -2.35. The van der Waals surface area contributed by atoms with E-state index in [0.717, 1.165) is 42.3 Å². The van der Waals surface area contributed by atoms with Crippen molar-refractivity contribution in [2.75, 3.05) is 20.3 Å². The highest BCUT2D eigenvalue weighted by Gasteiger charge is 2.40. The van der Waals surface area contributed by atoms with Gasteiger partial charge >= 0.3 is 5.97 Å². The van der Waals surface area contributed by atoms with Gasteiger partial charge in [0.2, 0.25) is 0 Å². The fourth-order valence-corrected chi connectivity index (χ4v) is 3.75. The van der Waals surface area contributed by atoms with Crippen LogP contribution < -0.4 is 0 Å². The molecule has 2 aliphatic rings. The highest BCUT2D eigenvalue weighted by atomic mass is 16.7. The third kappa shape index (κ3) is 2.78. The Bertz CT molecular complexity index is 757. The van der Waals surface area contributed by atoms with Crippen molar-refractivity contribution in [3.8, 4) is 0 Å². The predicted octanol–water partition coefficient (Wildman–Crippen LogP) is 3.42. The monoisotopic (exact) mass is 327 g/mol. The number of hydrogen-bond acceptors (Lipinski definition) is 5. The SMILES string of the molecule is COC(=O)c1ccc2nc(C3CCC4(CC3)OCCO4)ccc2c1. The number of carbonyl (C=O) groups is 1. The van der Waals surface area contributed by atoms with Gasteiger partial charge in [-0.2, -0.15) is 0 Å². The second-order valence-electron chi connectivity index (χ2n) is 6.52. The molecule has 2 fully saturated rings. The first-order valence-corrected chi connectivity index (χ1v) is 8.46. The number of methoxy groups -OCH3 is 1. The van der Waals surface area contributed by atoms with Crippen molar-refractivity contribution in [3.63, 3.8) is 0 Å². The molecule has 1 saturated carbocycles. The number of aromatic nitrogens is 1. The Morgan fingerprint density at radius 1 is 1.17 bits per heavy atom. The van der Waals surface area contributed by atoms with Crippen molar-refractivity contribution in [3.05, 3.63) is 41.6 Å². The quantitative estimate of drug-likeness (QED) is 0.791. The standard InChI is InChI=1S/C19H21NO4/c1-22-18(21)15-3-5-17-14(12-15)2-4-16(20-17)13-6-8-19(9-7-13)23-10-11-24-19/h2-5,12-13H,6-11H2,1H3. The number of nitrogens with zero attached hydrogens (tertiary/aromatic N) is 1. The fourth-order valence-electron chi connectivity index (χ4n) is 3.75. The summed E-state index contributed by atoms with van der Waals surface area (Å²) in [6, 6.07) is 9.59. The summed E-state index contributed by atoms with van der Waals surface area (Å²) in [5.41, 5.74) is 2.57. The summed E-state index contributed by atoms with van der Waals surface area (Å²) < 4.78 is 16.4. The zero-order valence-corrected chi connectivity index (χ0v) is 13.8. The van der Waals surface area contributed by atoms with Crippen LogP contribution >= 0.6 is 0 Å². The number of hydrogen-bond donors (Lipinski definition) is 0. The van der Waals surface area contributed by atoms with Crippen molar-refractivity contribution >= 4 is 16.9 Å². The molecule has 1 aromatic heterocycles. The molecule has 1 saturated heterocycles. The predicted molar refractivity (Wildman–Crippen MR) is 88.9 cm³/mol. The molecule has 1 aromatic carbocycles. The Kier molecular flexibility index (Phi) is 3.98. The van der Waals surface area contributed by atoms with Gasteiger partial charge in [0, 0.05) is 29.8 Å². The van der Waals surface area contributed by atoms with E-state index in [2.05, 4.69) is 6.07 Å². The molecule has 2 heterocycles. The average Bonchev–Trinajstić information content (AvgIpc) is 3.09. The van der Waals surface area contributed by atoms with Crippen LogP contribution in [0.4, 0.5) is 0 Å². The van der Waals surface area contributed by atoms with E-state index in [0.29, 0.717) is 24.7 Å². The molecule has 5 heteroatoms. The zero-order chi connectivity index (χ0) is 16.6. The highest BCUT2D eigenvalue weighted by Crippen LogP contribution is 2.42. The van der Waals surface area contributed by atoms with Crippen LogP contribution in [0.25, 0.3) is 10.9 Å². The van der Waals surface area contributed by atoms with Crippen molar-refractivity contribution in [1.29, 1.82) is 0 Å². The number of rotatable bonds is 2. The van der Waals surface area contributed by atoms with Crippen molar-refractivity contribution in [2.24, 2.45) is 0 Å². The van der Waals surface area contributed by atoms with Gasteiger partial charge in [-0.3, -0.25) is 4.98 Å². The maximum absolute atomic E-state index is 11.6. The smallest absolute Gasteiger partial charge is 0.337 e. The van der Waals surface area contributed by atoms with E-state index >= 15 is 0 Å². The lowest BCUT2D eigenvalue weighted by Crippen LogP contribution is -2.34. The minimum atomic E-state index is -0.331. The van der Waals surface area contributed by atoms with Crippen LogP contribution in [0.5, 0.6) is 0 Å². The molecule has 24 heavy (non-hydrogen) atoms. The van der Waals surface area contributed by atoms with E-state index < -0.39 is 0 Å². The number of fused-ring (bicyclic) bond motifs is 1. The van der Waals surface area contributed by atoms with Crippen LogP contribution in [0.3, 0.4) is 0 Å². The van der Waals surface area contributed by atoms with E-state index in [4.69, 9.17) is 19.2 Å². The summed E-state index contributed by atoms with van der Waals surface area (Å²) in [7, 11) is 1.39. The number of esters is 1. The van der Waals surface area contributed by atoms with Crippen LogP contribution in [-0.2, 0) is 14.2 Å². The summed E-state index contributed by atoms with van der Waals surface area (Å²) in [6.45, 7) is 1.42. The van der Waals surface area contributed by atoms with E-state index in [1.165, 1.54) is 7.11 Å².